The van der Waals surface area contributed by atoms with Crippen LogP contribution in [-0.2, 0) is 13.0 Å². The molecule has 0 amide bonds. The number of benzene rings is 2. The van der Waals surface area contributed by atoms with E-state index in [0.29, 0.717) is 13.0 Å². The van der Waals surface area contributed by atoms with Crippen molar-refractivity contribution < 1.29 is 4.74 Å². The molecule has 0 bridgehead atoms. The van der Waals surface area contributed by atoms with Crippen LogP contribution >= 0.6 is 15.9 Å². The van der Waals surface area contributed by atoms with E-state index >= 15 is 0 Å². The van der Waals surface area contributed by atoms with Crippen LogP contribution in [0.15, 0.2) is 68.8 Å². The third kappa shape index (κ3) is 3.99. The van der Waals surface area contributed by atoms with Crippen molar-refractivity contribution in [3.63, 3.8) is 0 Å². The number of aromatic amines is 1. The van der Waals surface area contributed by atoms with E-state index in [1.54, 1.807) is 0 Å². The zero-order chi connectivity index (χ0) is 16.9. The third-order valence-corrected chi connectivity index (χ3v) is 3.86. The van der Waals surface area contributed by atoms with Crippen LogP contribution in [0.5, 0.6) is 11.5 Å². The van der Waals surface area contributed by atoms with E-state index in [4.69, 9.17) is 4.74 Å². The van der Waals surface area contributed by atoms with Gasteiger partial charge in [0.25, 0.3) is 5.56 Å². The number of hydrogen-bond acceptors (Lipinski definition) is 4. The normalized spacial score (nSPS) is 10.5. The van der Waals surface area contributed by atoms with Gasteiger partial charge in [0, 0.05) is 0 Å². The van der Waals surface area contributed by atoms with Crippen molar-refractivity contribution in [1.82, 2.24) is 14.8 Å². The SMILES string of the molecule is O=c1[nH]c(=O)n(CCc2cccc(Oc3ccccc3)c2)nc1Br. The van der Waals surface area contributed by atoms with Crippen molar-refractivity contribution >= 4 is 15.9 Å². The van der Waals surface area contributed by atoms with E-state index in [1.165, 1.54) is 4.68 Å². The van der Waals surface area contributed by atoms with Crippen LogP contribution in [-0.4, -0.2) is 14.8 Å². The molecule has 0 aliphatic rings. The average molecular weight is 388 g/mol. The lowest BCUT2D eigenvalue weighted by Crippen LogP contribution is -2.33. The largest absolute Gasteiger partial charge is 0.457 e. The zero-order valence-corrected chi connectivity index (χ0v) is 14.2. The third-order valence-electron chi connectivity index (χ3n) is 3.34. The number of ether oxygens (including phenoxy) is 1. The predicted molar refractivity (Wildman–Crippen MR) is 93.5 cm³/mol. The molecule has 0 radical (unpaired) electrons. The first-order valence-corrected chi connectivity index (χ1v) is 8.10. The first kappa shape index (κ1) is 16.2. The summed E-state index contributed by atoms with van der Waals surface area (Å²) in [4.78, 5) is 25.2. The molecule has 0 saturated heterocycles. The molecule has 0 aliphatic heterocycles. The molecule has 122 valence electrons. The molecule has 0 unspecified atom stereocenters. The lowest BCUT2D eigenvalue weighted by molar-refractivity contribution is 0.481. The number of rotatable bonds is 5. The van der Waals surface area contributed by atoms with Gasteiger partial charge in [-0.05, 0) is 52.2 Å². The van der Waals surface area contributed by atoms with Crippen molar-refractivity contribution in [3.05, 3.63) is 85.6 Å². The van der Waals surface area contributed by atoms with Gasteiger partial charge in [-0.1, -0.05) is 30.3 Å². The maximum absolute atomic E-state index is 11.7. The molecule has 0 atom stereocenters. The summed E-state index contributed by atoms with van der Waals surface area (Å²) in [6, 6.07) is 17.1. The van der Waals surface area contributed by atoms with Gasteiger partial charge in [0.2, 0.25) is 0 Å². The highest BCUT2D eigenvalue weighted by Gasteiger charge is 2.05. The summed E-state index contributed by atoms with van der Waals surface area (Å²) >= 11 is 3.02. The van der Waals surface area contributed by atoms with Crippen molar-refractivity contribution in [3.8, 4) is 11.5 Å². The fourth-order valence-electron chi connectivity index (χ4n) is 2.19. The van der Waals surface area contributed by atoms with Crippen LogP contribution in [0.2, 0.25) is 0 Å². The minimum absolute atomic E-state index is 0.0864. The molecule has 7 heteroatoms. The van der Waals surface area contributed by atoms with E-state index in [2.05, 4.69) is 26.0 Å². The standard InChI is InChI=1S/C17H14BrN3O3/c18-15-16(22)19-17(23)21(20-15)10-9-12-5-4-8-14(11-12)24-13-6-2-1-3-7-13/h1-8,11H,9-10H2,(H,19,22,23). The van der Waals surface area contributed by atoms with E-state index in [0.717, 1.165) is 17.1 Å². The van der Waals surface area contributed by atoms with E-state index in [1.807, 2.05) is 54.6 Å². The average Bonchev–Trinajstić information content (AvgIpc) is 2.58. The fourth-order valence-corrected chi connectivity index (χ4v) is 2.48. The smallest absolute Gasteiger partial charge is 0.344 e. The quantitative estimate of drug-likeness (QED) is 0.729. The van der Waals surface area contributed by atoms with Gasteiger partial charge in [-0.3, -0.25) is 9.78 Å². The van der Waals surface area contributed by atoms with Crippen molar-refractivity contribution in [1.29, 1.82) is 0 Å². The Bertz CT molecular complexity index is 951. The zero-order valence-electron chi connectivity index (χ0n) is 12.6. The fraction of sp³-hybridized carbons (Fsp3) is 0.118. The van der Waals surface area contributed by atoms with Gasteiger partial charge in [0.1, 0.15) is 11.5 Å². The second-order valence-corrected chi connectivity index (χ2v) is 5.84. The summed E-state index contributed by atoms with van der Waals surface area (Å²) in [6.07, 6.45) is 0.581. The molecule has 2 aromatic carbocycles. The monoisotopic (exact) mass is 387 g/mol. The van der Waals surface area contributed by atoms with E-state index < -0.39 is 11.2 Å². The van der Waals surface area contributed by atoms with Gasteiger partial charge in [0.15, 0.2) is 4.60 Å². The van der Waals surface area contributed by atoms with E-state index in [-0.39, 0.29) is 4.60 Å². The Labute approximate surface area is 145 Å². The van der Waals surface area contributed by atoms with Crippen LogP contribution in [0.25, 0.3) is 0 Å². The summed E-state index contributed by atoms with van der Waals surface area (Å²) in [5.74, 6) is 1.48. The predicted octanol–water partition coefficient (Wildman–Crippen LogP) is 2.73. The Morgan fingerprint density at radius 2 is 1.79 bits per heavy atom. The summed E-state index contributed by atoms with van der Waals surface area (Å²) < 4.78 is 7.10. The van der Waals surface area contributed by atoms with Gasteiger partial charge < -0.3 is 4.74 Å². The molecule has 6 nitrogen and oxygen atoms in total. The molecule has 1 heterocycles. The summed E-state index contributed by atoms with van der Waals surface area (Å²) in [5, 5.41) is 3.92. The lowest BCUT2D eigenvalue weighted by Gasteiger charge is -2.08. The number of halogens is 1. The van der Waals surface area contributed by atoms with Crippen LogP contribution < -0.4 is 16.0 Å². The summed E-state index contributed by atoms with van der Waals surface area (Å²) in [7, 11) is 0. The maximum Gasteiger partial charge on any atom is 0.344 e. The van der Waals surface area contributed by atoms with Gasteiger partial charge in [-0.2, -0.15) is 5.10 Å². The Balaban J connectivity index is 1.72. The topological polar surface area (TPSA) is 77.0 Å². The van der Waals surface area contributed by atoms with Crippen LogP contribution in [0.4, 0.5) is 0 Å². The summed E-state index contributed by atoms with van der Waals surface area (Å²) in [6.45, 7) is 0.350. The van der Waals surface area contributed by atoms with Crippen LogP contribution in [0, 0.1) is 0 Å². The Kier molecular flexibility index (Phi) is 4.90. The van der Waals surface area contributed by atoms with Gasteiger partial charge in [-0.25, -0.2) is 9.48 Å². The number of nitrogens with zero attached hydrogens (tertiary/aromatic N) is 2. The molecule has 0 aliphatic carbocycles. The van der Waals surface area contributed by atoms with Gasteiger partial charge >= 0.3 is 5.69 Å². The number of H-pyrrole nitrogens is 1. The molecule has 1 aromatic heterocycles. The molecular formula is C17H14BrN3O3. The second-order valence-electron chi connectivity index (χ2n) is 5.09. The van der Waals surface area contributed by atoms with Crippen LogP contribution in [0.1, 0.15) is 5.56 Å². The highest BCUT2D eigenvalue weighted by Crippen LogP contribution is 2.22. The minimum atomic E-state index is -0.533. The first-order chi connectivity index (χ1) is 11.6. The number of aromatic nitrogens is 3. The molecule has 1 N–H and O–H groups in total. The molecule has 0 spiro atoms. The van der Waals surface area contributed by atoms with Gasteiger partial charge in [-0.15, -0.1) is 0 Å². The highest BCUT2D eigenvalue weighted by atomic mass is 79.9. The first-order valence-electron chi connectivity index (χ1n) is 7.30. The van der Waals surface area contributed by atoms with Crippen molar-refractivity contribution in [2.24, 2.45) is 0 Å². The Hall–Kier alpha value is -2.67. The molecule has 0 fully saturated rings. The maximum atomic E-state index is 11.7. The molecule has 3 aromatic rings. The number of nitrogens with one attached hydrogen (secondary N) is 1. The highest BCUT2D eigenvalue weighted by molar-refractivity contribution is 9.10. The molecular weight excluding hydrogens is 374 g/mol. The van der Waals surface area contributed by atoms with Crippen LogP contribution in [0.3, 0.4) is 0 Å². The van der Waals surface area contributed by atoms with Crippen molar-refractivity contribution in [2.75, 3.05) is 0 Å². The van der Waals surface area contributed by atoms with Crippen molar-refractivity contribution in [2.45, 2.75) is 13.0 Å². The second kappa shape index (κ2) is 7.27. The summed E-state index contributed by atoms with van der Waals surface area (Å²) in [5.41, 5.74) is -0.0612. The van der Waals surface area contributed by atoms with E-state index in [9.17, 15) is 9.59 Å². The molecule has 24 heavy (non-hydrogen) atoms. The molecule has 0 saturated carbocycles. The Morgan fingerprint density at radius 3 is 2.58 bits per heavy atom. The minimum Gasteiger partial charge on any atom is -0.457 e. The number of aryl methyl sites for hydroxylation is 2. The number of para-hydroxylation sites is 1. The Morgan fingerprint density at radius 1 is 1.04 bits per heavy atom. The number of hydrogen-bond donors (Lipinski definition) is 1. The van der Waals surface area contributed by atoms with Gasteiger partial charge in [0.05, 0.1) is 6.54 Å². The molecule has 3 rings (SSSR count). The lowest BCUT2D eigenvalue weighted by atomic mass is 10.1.